The highest BCUT2D eigenvalue weighted by Crippen LogP contribution is 2.37. The van der Waals surface area contributed by atoms with Crippen molar-refractivity contribution in [1.82, 2.24) is 19.7 Å². The number of rotatable bonds is 9. The normalized spacial score (nSPS) is 10.9. The number of anilines is 2. The van der Waals surface area contributed by atoms with Crippen molar-refractivity contribution in [3.63, 3.8) is 0 Å². The lowest BCUT2D eigenvalue weighted by molar-refractivity contribution is 0.355. The molecule has 38 heavy (non-hydrogen) atoms. The topological polar surface area (TPSA) is 109 Å². The van der Waals surface area contributed by atoms with Gasteiger partial charge in [-0.05, 0) is 66.6 Å². The Kier molecular flexibility index (Phi) is 7.19. The molecule has 0 aliphatic rings. The molecule has 0 atom stereocenters. The molecule has 0 fully saturated rings. The second-order valence-electron chi connectivity index (χ2n) is 8.46. The molecule has 0 spiro atoms. The first-order chi connectivity index (χ1) is 18.5. The third kappa shape index (κ3) is 5.01. The molecule has 0 bridgehead atoms. The summed E-state index contributed by atoms with van der Waals surface area (Å²) >= 11 is 6.08. The van der Waals surface area contributed by atoms with E-state index in [0.717, 1.165) is 29.0 Å². The molecule has 0 radical (unpaired) electrons. The maximum atomic E-state index is 6.62. The molecular weight excluding hydrogens is 504 g/mol. The van der Waals surface area contributed by atoms with Crippen LogP contribution >= 0.6 is 11.6 Å². The number of nitrogens with zero attached hydrogens (tertiary/aromatic N) is 4. The summed E-state index contributed by atoms with van der Waals surface area (Å²) in [5.74, 6) is 2.87. The number of hydrogen-bond donors (Lipinski definition) is 2. The summed E-state index contributed by atoms with van der Waals surface area (Å²) in [7, 11) is 4.84. The average molecular weight is 531 g/mol. The van der Waals surface area contributed by atoms with Crippen molar-refractivity contribution in [2.45, 2.75) is 6.42 Å². The van der Waals surface area contributed by atoms with Crippen LogP contribution in [0.25, 0.3) is 28.0 Å². The van der Waals surface area contributed by atoms with Crippen LogP contribution in [0.1, 0.15) is 5.56 Å². The minimum atomic E-state index is 0.414. The number of aromatic nitrogens is 4. The molecule has 5 rings (SSSR count). The summed E-state index contributed by atoms with van der Waals surface area (Å²) in [6.45, 7) is 0.622. The lowest BCUT2D eigenvalue weighted by Gasteiger charge is -2.12. The van der Waals surface area contributed by atoms with E-state index in [2.05, 4.69) is 10.3 Å². The number of nitrogen functional groups attached to an aromatic ring is 1. The zero-order chi connectivity index (χ0) is 26.6. The first-order valence-electron chi connectivity index (χ1n) is 11.9. The van der Waals surface area contributed by atoms with Crippen LogP contribution in [0.15, 0.2) is 66.7 Å². The zero-order valence-electron chi connectivity index (χ0n) is 21.2. The molecule has 0 aliphatic carbocycles. The third-order valence-corrected chi connectivity index (χ3v) is 6.40. The monoisotopic (exact) mass is 530 g/mol. The summed E-state index contributed by atoms with van der Waals surface area (Å²) in [6, 6.07) is 20.8. The van der Waals surface area contributed by atoms with Gasteiger partial charge in [0.15, 0.2) is 17.1 Å². The number of nitrogens with two attached hydrogens (primary N) is 1. The number of fused-ring (bicyclic) bond motifs is 1. The number of ether oxygens (including phenoxy) is 3. The Bertz CT molecular complexity index is 1570. The Labute approximate surface area is 225 Å². The Morgan fingerprint density at radius 1 is 0.868 bits per heavy atom. The smallest absolute Gasteiger partial charge is 0.225 e. The van der Waals surface area contributed by atoms with Crippen molar-refractivity contribution in [2.75, 3.05) is 38.9 Å². The quantitative estimate of drug-likeness (QED) is 0.261. The Morgan fingerprint density at radius 3 is 2.29 bits per heavy atom. The predicted molar refractivity (Wildman–Crippen MR) is 150 cm³/mol. The van der Waals surface area contributed by atoms with Crippen LogP contribution in [0.2, 0.25) is 5.02 Å². The van der Waals surface area contributed by atoms with Gasteiger partial charge < -0.3 is 25.3 Å². The highest BCUT2D eigenvalue weighted by molar-refractivity contribution is 6.30. The van der Waals surface area contributed by atoms with Crippen LogP contribution in [-0.4, -0.2) is 47.6 Å². The molecule has 0 saturated heterocycles. The van der Waals surface area contributed by atoms with Crippen molar-refractivity contribution < 1.29 is 14.2 Å². The minimum absolute atomic E-state index is 0.414. The molecule has 0 amide bonds. The van der Waals surface area contributed by atoms with Gasteiger partial charge in [0.1, 0.15) is 11.6 Å². The second kappa shape index (κ2) is 10.9. The van der Waals surface area contributed by atoms with Crippen LogP contribution in [-0.2, 0) is 6.42 Å². The van der Waals surface area contributed by atoms with Crippen LogP contribution in [0.4, 0.5) is 11.8 Å². The SMILES string of the molecule is COc1ccc(CCNc2nc(-c3ccc(OC)c(OC)c3)c3c(N)n(-c4ccc(Cl)cc4)nc3n2)cc1. The molecule has 10 heteroatoms. The Balaban J connectivity index is 1.55. The molecule has 0 unspecified atom stereocenters. The maximum Gasteiger partial charge on any atom is 0.225 e. The molecule has 2 heterocycles. The minimum Gasteiger partial charge on any atom is -0.497 e. The summed E-state index contributed by atoms with van der Waals surface area (Å²) < 4.78 is 17.8. The van der Waals surface area contributed by atoms with E-state index in [1.54, 1.807) is 38.1 Å². The molecule has 3 aromatic carbocycles. The highest BCUT2D eigenvalue weighted by atomic mass is 35.5. The molecule has 3 N–H and O–H groups in total. The molecule has 0 aliphatic heterocycles. The third-order valence-electron chi connectivity index (χ3n) is 6.15. The van der Waals surface area contributed by atoms with E-state index in [9.17, 15) is 0 Å². The van der Waals surface area contributed by atoms with Crippen molar-refractivity contribution in [1.29, 1.82) is 0 Å². The predicted octanol–water partition coefficient (Wildman–Crippen LogP) is 5.40. The lowest BCUT2D eigenvalue weighted by atomic mass is 10.1. The van der Waals surface area contributed by atoms with Gasteiger partial charge in [-0.2, -0.15) is 4.98 Å². The van der Waals surface area contributed by atoms with Crippen LogP contribution in [0.5, 0.6) is 17.2 Å². The van der Waals surface area contributed by atoms with Gasteiger partial charge in [0.05, 0.1) is 38.1 Å². The molecule has 2 aromatic heterocycles. The van der Waals surface area contributed by atoms with E-state index < -0.39 is 0 Å². The summed E-state index contributed by atoms with van der Waals surface area (Å²) in [5, 5.41) is 9.30. The lowest BCUT2D eigenvalue weighted by Crippen LogP contribution is -2.09. The van der Waals surface area contributed by atoms with Crippen molar-refractivity contribution in [2.24, 2.45) is 0 Å². The van der Waals surface area contributed by atoms with Crippen LogP contribution < -0.4 is 25.3 Å². The maximum absolute atomic E-state index is 6.62. The fourth-order valence-corrected chi connectivity index (χ4v) is 4.30. The second-order valence-corrected chi connectivity index (χ2v) is 8.90. The van der Waals surface area contributed by atoms with E-state index in [4.69, 9.17) is 41.6 Å². The highest BCUT2D eigenvalue weighted by Gasteiger charge is 2.20. The molecule has 9 nitrogen and oxygen atoms in total. The summed E-state index contributed by atoms with van der Waals surface area (Å²) in [5.41, 5.74) is 10.4. The van der Waals surface area contributed by atoms with Gasteiger partial charge in [-0.1, -0.05) is 23.7 Å². The fraction of sp³-hybridized carbons (Fsp3) is 0.179. The first-order valence-corrected chi connectivity index (χ1v) is 12.3. The summed E-state index contributed by atoms with van der Waals surface area (Å²) in [6.07, 6.45) is 0.776. The van der Waals surface area contributed by atoms with Gasteiger partial charge in [0, 0.05) is 17.1 Å². The number of hydrogen-bond acceptors (Lipinski definition) is 8. The molecule has 0 saturated carbocycles. The van der Waals surface area contributed by atoms with Crippen molar-refractivity contribution in [3.8, 4) is 34.2 Å². The fourth-order valence-electron chi connectivity index (χ4n) is 4.17. The Hall–Kier alpha value is -4.50. The van der Waals surface area contributed by atoms with Gasteiger partial charge in [-0.3, -0.25) is 0 Å². The van der Waals surface area contributed by atoms with Crippen molar-refractivity contribution in [3.05, 3.63) is 77.3 Å². The Morgan fingerprint density at radius 2 is 1.61 bits per heavy atom. The van der Waals surface area contributed by atoms with E-state index in [1.807, 2.05) is 54.6 Å². The van der Waals surface area contributed by atoms with E-state index >= 15 is 0 Å². The van der Waals surface area contributed by atoms with Gasteiger partial charge in [-0.25, -0.2) is 9.67 Å². The van der Waals surface area contributed by atoms with Gasteiger partial charge in [0.25, 0.3) is 0 Å². The van der Waals surface area contributed by atoms with E-state index in [-0.39, 0.29) is 0 Å². The van der Waals surface area contributed by atoms with Gasteiger partial charge in [0.2, 0.25) is 5.95 Å². The number of nitrogens with one attached hydrogen (secondary N) is 1. The van der Waals surface area contributed by atoms with E-state index in [1.165, 1.54) is 0 Å². The average Bonchev–Trinajstić information content (AvgIpc) is 3.29. The molecular formula is C28H27ClN6O3. The van der Waals surface area contributed by atoms with Gasteiger partial charge >= 0.3 is 0 Å². The molecule has 5 aromatic rings. The van der Waals surface area contributed by atoms with Crippen molar-refractivity contribution >= 4 is 34.4 Å². The number of benzene rings is 3. The zero-order valence-corrected chi connectivity index (χ0v) is 22.0. The number of halogens is 1. The standard InChI is InChI=1S/C28H27ClN6O3/c1-36-21-11-4-17(5-12-21)14-15-31-28-32-25(18-6-13-22(37-2)23(16-18)38-3)24-26(30)35(34-27(24)33-28)20-9-7-19(29)8-10-20/h4-13,16H,14-15,30H2,1-3H3,(H,31,33,34). The van der Waals surface area contributed by atoms with Crippen LogP contribution in [0.3, 0.4) is 0 Å². The first kappa shape index (κ1) is 25.2. The number of methoxy groups -OCH3 is 3. The summed E-state index contributed by atoms with van der Waals surface area (Å²) in [4.78, 5) is 9.53. The van der Waals surface area contributed by atoms with Gasteiger partial charge in [-0.15, -0.1) is 5.10 Å². The molecule has 194 valence electrons. The van der Waals surface area contributed by atoms with E-state index in [0.29, 0.717) is 51.6 Å². The van der Waals surface area contributed by atoms with Crippen LogP contribution in [0, 0.1) is 0 Å². The largest absolute Gasteiger partial charge is 0.497 e.